The molecule has 1 fully saturated rings. The summed E-state index contributed by atoms with van der Waals surface area (Å²) in [4.78, 5) is 11.9. The summed E-state index contributed by atoms with van der Waals surface area (Å²) >= 11 is 0. The molecule has 0 aromatic carbocycles. The van der Waals surface area contributed by atoms with Crippen molar-refractivity contribution in [3.8, 4) is 0 Å². The molecule has 0 saturated carbocycles. The van der Waals surface area contributed by atoms with Crippen LogP contribution in [-0.4, -0.2) is 22.9 Å². The Kier molecular flexibility index (Phi) is 2.68. The van der Waals surface area contributed by atoms with Crippen LogP contribution in [0.3, 0.4) is 0 Å². The monoisotopic (exact) mass is 192 g/mol. The van der Waals surface area contributed by atoms with Crippen molar-refractivity contribution in [3.63, 3.8) is 0 Å². The highest BCUT2D eigenvalue weighted by Gasteiger charge is 2.21. The molecule has 0 bridgehead atoms. The zero-order valence-electron chi connectivity index (χ0n) is 8.49. The molecule has 1 unspecified atom stereocenters. The first-order chi connectivity index (χ1) is 6.77. The summed E-state index contributed by atoms with van der Waals surface area (Å²) in [6.07, 6.45) is 7.14. The third kappa shape index (κ3) is 1.87. The third-order valence-corrected chi connectivity index (χ3v) is 2.74. The Hall–Kier alpha value is -1.09. The molecule has 1 aromatic heterocycles. The average Bonchev–Trinajstić information content (AvgIpc) is 2.65. The number of carbonyl (C=O) groups is 1. The SMILES string of the molecule is Cn1ccc(C(=O)C2CCCCN2)c1. The molecule has 1 atom stereocenters. The summed E-state index contributed by atoms with van der Waals surface area (Å²) < 4.78 is 1.91. The first-order valence-electron chi connectivity index (χ1n) is 5.17. The lowest BCUT2D eigenvalue weighted by atomic mass is 9.98. The van der Waals surface area contributed by atoms with Gasteiger partial charge in [0.1, 0.15) is 0 Å². The van der Waals surface area contributed by atoms with E-state index in [2.05, 4.69) is 5.32 Å². The highest BCUT2D eigenvalue weighted by atomic mass is 16.1. The molecule has 1 aromatic rings. The standard InChI is InChI=1S/C11H16N2O/c1-13-7-5-9(8-13)11(14)10-4-2-3-6-12-10/h5,7-8,10,12H,2-4,6H2,1H3. The number of hydrogen-bond donors (Lipinski definition) is 1. The lowest BCUT2D eigenvalue weighted by Crippen LogP contribution is -2.40. The molecule has 76 valence electrons. The summed E-state index contributed by atoms with van der Waals surface area (Å²) in [5, 5.41) is 3.27. The third-order valence-electron chi connectivity index (χ3n) is 2.74. The van der Waals surface area contributed by atoms with E-state index in [9.17, 15) is 4.79 Å². The highest BCUT2D eigenvalue weighted by Crippen LogP contribution is 2.12. The number of ketones is 1. The highest BCUT2D eigenvalue weighted by molar-refractivity contribution is 6.00. The molecule has 0 radical (unpaired) electrons. The molecule has 0 aliphatic carbocycles. The predicted octanol–water partition coefficient (Wildman–Crippen LogP) is 1.35. The van der Waals surface area contributed by atoms with Crippen molar-refractivity contribution in [2.75, 3.05) is 6.54 Å². The molecule has 1 N–H and O–H groups in total. The van der Waals surface area contributed by atoms with E-state index in [4.69, 9.17) is 0 Å². The second-order valence-electron chi connectivity index (χ2n) is 3.93. The smallest absolute Gasteiger partial charge is 0.181 e. The second-order valence-corrected chi connectivity index (χ2v) is 3.93. The van der Waals surface area contributed by atoms with Gasteiger partial charge in [0, 0.05) is 25.0 Å². The number of rotatable bonds is 2. The van der Waals surface area contributed by atoms with Crippen molar-refractivity contribution < 1.29 is 4.79 Å². The molecule has 14 heavy (non-hydrogen) atoms. The topological polar surface area (TPSA) is 34.0 Å². The fourth-order valence-corrected chi connectivity index (χ4v) is 1.93. The van der Waals surface area contributed by atoms with Crippen LogP contribution in [0.25, 0.3) is 0 Å². The van der Waals surface area contributed by atoms with Crippen molar-refractivity contribution in [3.05, 3.63) is 24.0 Å². The van der Waals surface area contributed by atoms with Crippen molar-refractivity contribution in [2.24, 2.45) is 7.05 Å². The van der Waals surface area contributed by atoms with Crippen LogP contribution in [-0.2, 0) is 7.05 Å². The Morgan fingerprint density at radius 2 is 2.43 bits per heavy atom. The number of nitrogens with zero attached hydrogens (tertiary/aromatic N) is 1. The fourth-order valence-electron chi connectivity index (χ4n) is 1.93. The Morgan fingerprint density at radius 1 is 1.57 bits per heavy atom. The zero-order valence-corrected chi connectivity index (χ0v) is 8.49. The van der Waals surface area contributed by atoms with Crippen LogP contribution in [0.5, 0.6) is 0 Å². The van der Waals surface area contributed by atoms with E-state index in [1.165, 1.54) is 6.42 Å². The van der Waals surface area contributed by atoms with E-state index in [0.29, 0.717) is 0 Å². The van der Waals surface area contributed by atoms with Gasteiger partial charge >= 0.3 is 0 Å². The van der Waals surface area contributed by atoms with Gasteiger partial charge < -0.3 is 9.88 Å². The van der Waals surface area contributed by atoms with Crippen LogP contribution < -0.4 is 5.32 Å². The number of carbonyl (C=O) groups excluding carboxylic acids is 1. The normalized spacial score (nSPS) is 22.2. The van der Waals surface area contributed by atoms with Crippen molar-refractivity contribution >= 4 is 5.78 Å². The molecule has 3 nitrogen and oxygen atoms in total. The average molecular weight is 192 g/mol. The molecule has 0 amide bonds. The van der Waals surface area contributed by atoms with Gasteiger partial charge in [-0.3, -0.25) is 4.79 Å². The Morgan fingerprint density at radius 3 is 3.00 bits per heavy atom. The summed E-state index contributed by atoms with van der Waals surface area (Å²) in [6, 6.07) is 1.93. The lowest BCUT2D eigenvalue weighted by molar-refractivity contribution is 0.0927. The molecule has 1 aliphatic rings. The van der Waals surface area contributed by atoms with Crippen LogP contribution >= 0.6 is 0 Å². The fraction of sp³-hybridized carbons (Fsp3) is 0.545. The van der Waals surface area contributed by atoms with Gasteiger partial charge in [-0.25, -0.2) is 0 Å². The molecule has 3 heteroatoms. The van der Waals surface area contributed by atoms with Gasteiger partial charge in [-0.2, -0.15) is 0 Å². The predicted molar refractivity (Wildman–Crippen MR) is 55.4 cm³/mol. The Bertz CT molecular complexity index is 324. The lowest BCUT2D eigenvalue weighted by Gasteiger charge is -2.21. The zero-order chi connectivity index (χ0) is 9.97. The molecule has 1 aliphatic heterocycles. The summed E-state index contributed by atoms with van der Waals surface area (Å²) in [6.45, 7) is 0.975. The Labute approximate surface area is 84.1 Å². The van der Waals surface area contributed by atoms with E-state index in [-0.39, 0.29) is 11.8 Å². The minimum absolute atomic E-state index is 0.0474. The van der Waals surface area contributed by atoms with Crippen molar-refractivity contribution in [2.45, 2.75) is 25.3 Å². The van der Waals surface area contributed by atoms with Crippen LogP contribution in [0.2, 0.25) is 0 Å². The van der Waals surface area contributed by atoms with Gasteiger partial charge in [0.2, 0.25) is 0 Å². The number of piperidine rings is 1. The maximum absolute atomic E-state index is 11.9. The first kappa shape index (κ1) is 9.46. The molecule has 2 heterocycles. The van der Waals surface area contributed by atoms with E-state index in [0.717, 1.165) is 24.9 Å². The van der Waals surface area contributed by atoms with Crippen LogP contribution in [0.1, 0.15) is 29.6 Å². The van der Waals surface area contributed by atoms with Gasteiger partial charge in [0.25, 0.3) is 0 Å². The quantitative estimate of drug-likeness (QED) is 0.718. The molecule has 0 spiro atoms. The van der Waals surface area contributed by atoms with E-state index < -0.39 is 0 Å². The Balaban J connectivity index is 2.07. The number of hydrogen-bond acceptors (Lipinski definition) is 2. The van der Waals surface area contributed by atoms with Gasteiger partial charge in [-0.15, -0.1) is 0 Å². The maximum Gasteiger partial charge on any atom is 0.181 e. The van der Waals surface area contributed by atoms with Gasteiger partial charge in [-0.1, -0.05) is 6.42 Å². The molecular formula is C11H16N2O. The van der Waals surface area contributed by atoms with E-state index in [1.807, 2.05) is 30.1 Å². The molecule has 1 saturated heterocycles. The van der Waals surface area contributed by atoms with E-state index >= 15 is 0 Å². The first-order valence-corrected chi connectivity index (χ1v) is 5.17. The largest absolute Gasteiger partial charge is 0.357 e. The second kappa shape index (κ2) is 3.96. The number of aromatic nitrogens is 1. The number of aryl methyl sites for hydroxylation is 1. The van der Waals surface area contributed by atoms with Gasteiger partial charge in [-0.05, 0) is 25.5 Å². The summed E-state index contributed by atoms with van der Waals surface area (Å²) in [7, 11) is 1.94. The van der Waals surface area contributed by atoms with Gasteiger partial charge in [0.15, 0.2) is 5.78 Å². The molecular weight excluding hydrogens is 176 g/mol. The van der Waals surface area contributed by atoms with Crippen LogP contribution in [0, 0.1) is 0 Å². The summed E-state index contributed by atoms with van der Waals surface area (Å²) in [5.41, 5.74) is 0.826. The minimum atomic E-state index is 0.0474. The van der Waals surface area contributed by atoms with Crippen LogP contribution in [0.15, 0.2) is 18.5 Å². The number of nitrogens with one attached hydrogen (secondary N) is 1. The van der Waals surface area contributed by atoms with E-state index in [1.54, 1.807) is 0 Å². The van der Waals surface area contributed by atoms with Crippen molar-refractivity contribution in [1.82, 2.24) is 9.88 Å². The van der Waals surface area contributed by atoms with Gasteiger partial charge in [0.05, 0.1) is 6.04 Å². The molecule has 2 rings (SSSR count). The summed E-state index contributed by atoms with van der Waals surface area (Å²) in [5.74, 6) is 0.241. The maximum atomic E-state index is 11.9. The number of Topliss-reactive ketones (excluding diaryl/α,β-unsaturated/α-hetero) is 1. The van der Waals surface area contributed by atoms with Crippen molar-refractivity contribution in [1.29, 1.82) is 0 Å². The minimum Gasteiger partial charge on any atom is -0.357 e. The van der Waals surface area contributed by atoms with Crippen LogP contribution in [0.4, 0.5) is 0 Å².